The van der Waals surface area contributed by atoms with E-state index in [1.54, 1.807) is 12.3 Å². The number of furan rings is 1. The Morgan fingerprint density at radius 2 is 1.85 bits per heavy atom. The number of carbonyl (C=O) groups excluding carboxylic acids is 2. The average molecular weight is 427 g/mol. The van der Waals surface area contributed by atoms with E-state index < -0.39 is 0 Å². The fourth-order valence-corrected chi connectivity index (χ4v) is 3.84. The molecule has 3 aromatic rings. The van der Waals surface area contributed by atoms with E-state index in [0.29, 0.717) is 5.69 Å². The van der Waals surface area contributed by atoms with Crippen LogP contribution in [0.15, 0.2) is 51.6 Å². The summed E-state index contributed by atoms with van der Waals surface area (Å²) in [5.41, 5.74) is 5.04. The molecule has 5 nitrogen and oxygen atoms in total. The number of carbonyl (C=O) groups is 2. The van der Waals surface area contributed by atoms with E-state index in [4.69, 9.17) is 4.42 Å². The van der Waals surface area contributed by atoms with Crippen LogP contribution in [0.5, 0.6) is 0 Å². The van der Waals surface area contributed by atoms with Crippen molar-refractivity contribution in [3.63, 3.8) is 0 Å². The lowest BCUT2D eigenvalue weighted by Gasteiger charge is -2.08. The summed E-state index contributed by atoms with van der Waals surface area (Å²) in [4.78, 5) is 24.3. The Bertz CT molecular complexity index is 1030. The van der Waals surface area contributed by atoms with E-state index in [0.717, 1.165) is 33.8 Å². The SMILES string of the molecule is O=C(Cc1coc2cc3c(cc12)CCC3)NCC(=O)Nc1ccccc1Br. The van der Waals surface area contributed by atoms with Gasteiger partial charge in [0.25, 0.3) is 0 Å². The topological polar surface area (TPSA) is 71.3 Å². The number of anilines is 1. The molecule has 0 bridgehead atoms. The molecule has 1 heterocycles. The second-order valence-corrected chi connectivity index (χ2v) is 7.57. The minimum absolute atomic E-state index is 0.0780. The predicted molar refractivity (Wildman–Crippen MR) is 108 cm³/mol. The number of halogens is 1. The van der Waals surface area contributed by atoms with Gasteiger partial charge in [0.2, 0.25) is 11.8 Å². The van der Waals surface area contributed by atoms with E-state index in [1.165, 1.54) is 17.5 Å². The number of nitrogens with one attached hydrogen (secondary N) is 2. The van der Waals surface area contributed by atoms with E-state index >= 15 is 0 Å². The average Bonchev–Trinajstić information content (AvgIpc) is 3.27. The maximum absolute atomic E-state index is 12.3. The fourth-order valence-electron chi connectivity index (χ4n) is 3.46. The quantitative estimate of drug-likeness (QED) is 0.647. The zero-order valence-electron chi connectivity index (χ0n) is 14.7. The third kappa shape index (κ3) is 3.90. The second kappa shape index (κ2) is 7.56. The maximum Gasteiger partial charge on any atom is 0.243 e. The molecule has 0 saturated carbocycles. The van der Waals surface area contributed by atoms with Crippen LogP contribution >= 0.6 is 15.9 Å². The monoisotopic (exact) mass is 426 g/mol. The van der Waals surface area contributed by atoms with Gasteiger partial charge in [0.1, 0.15) is 5.58 Å². The highest BCUT2D eigenvalue weighted by Crippen LogP contribution is 2.30. The first kappa shape index (κ1) is 17.8. The van der Waals surface area contributed by atoms with Crippen LogP contribution in [0.4, 0.5) is 5.69 Å². The highest BCUT2D eigenvalue weighted by atomic mass is 79.9. The molecule has 0 atom stereocenters. The molecule has 0 saturated heterocycles. The summed E-state index contributed by atoms with van der Waals surface area (Å²) in [5, 5.41) is 6.42. The minimum atomic E-state index is -0.273. The third-order valence-corrected chi connectivity index (χ3v) is 5.50. The predicted octanol–water partition coefficient (Wildman–Crippen LogP) is 3.98. The van der Waals surface area contributed by atoms with Gasteiger partial charge in [-0.05, 0) is 70.6 Å². The van der Waals surface area contributed by atoms with Crippen LogP contribution in [0.25, 0.3) is 11.0 Å². The number of rotatable bonds is 5. The van der Waals surface area contributed by atoms with Gasteiger partial charge < -0.3 is 15.1 Å². The number of benzene rings is 2. The molecule has 27 heavy (non-hydrogen) atoms. The van der Waals surface area contributed by atoms with Crippen LogP contribution in [-0.2, 0) is 28.9 Å². The summed E-state index contributed by atoms with van der Waals surface area (Å²) in [7, 11) is 0. The van der Waals surface area contributed by atoms with Gasteiger partial charge in [0.15, 0.2) is 0 Å². The van der Waals surface area contributed by atoms with Gasteiger partial charge in [-0.3, -0.25) is 9.59 Å². The minimum Gasteiger partial charge on any atom is -0.464 e. The maximum atomic E-state index is 12.3. The first-order valence-electron chi connectivity index (χ1n) is 8.93. The lowest BCUT2D eigenvalue weighted by Crippen LogP contribution is -2.33. The molecule has 2 N–H and O–H groups in total. The van der Waals surface area contributed by atoms with Crippen LogP contribution < -0.4 is 10.6 Å². The summed E-state index contributed by atoms with van der Waals surface area (Å²) >= 11 is 3.38. The number of amides is 2. The second-order valence-electron chi connectivity index (χ2n) is 6.71. The van der Waals surface area contributed by atoms with Crippen molar-refractivity contribution in [1.29, 1.82) is 0 Å². The lowest BCUT2D eigenvalue weighted by molar-refractivity contribution is -0.123. The van der Waals surface area contributed by atoms with Gasteiger partial charge in [0.05, 0.1) is 24.9 Å². The van der Waals surface area contributed by atoms with Crippen LogP contribution in [-0.4, -0.2) is 18.4 Å². The zero-order valence-corrected chi connectivity index (χ0v) is 16.3. The zero-order chi connectivity index (χ0) is 18.8. The summed E-state index contributed by atoms with van der Waals surface area (Å²) in [6.45, 7) is -0.0780. The molecule has 0 radical (unpaired) electrons. The Balaban J connectivity index is 1.36. The van der Waals surface area contributed by atoms with Gasteiger partial charge in [-0.25, -0.2) is 0 Å². The molecule has 0 aliphatic heterocycles. The van der Waals surface area contributed by atoms with E-state index in [9.17, 15) is 9.59 Å². The van der Waals surface area contributed by atoms with E-state index in [2.05, 4.69) is 38.7 Å². The molecule has 4 rings (SSSR count). The Morgan fingerprint density at radius 3 is 2.67 bits per heavy atom. The van der Waals surface area contributed by atoms with Crippen molar-refractivity contribution in [2.45, 2.75) is 25.7 Å². The molecule has 1 aromatic heterocycles. The highest BCUT2D eigenvalue weighted by Gasteiger charge is 2.17. The molecule has 0 unspecified atom stereocenters. The van der Waals surface area contributed by atoms with Crippen molar-refractivity contribution in [1.82, 2.24) is 5.32 Å². The molecule has 6 heteroatoms. The number of aryl methyl sites for hydroxylation is 2. The van der Waals surface area contributed by atoms with Crippen LogP contribution in [0.3, 0.4) is 0 Å². The molecular weight excluding hydrogens is 408 g/mol. The summed E-state index contributed by atoms with van der Waals surface area (Å²) in [6.07, 6.45) is 5.17. The van der Waals surface area contributed by atoms with Crippen molar-refractivity contribution in [2.24, 2.45) is 0 Å². The lowest BCUT2D eigenvalue weighted by atomic mass is 10.0. The van der Waals surface area contributed by atoms with E-state index in [1.807, 2.05) is 18.2 Å². The van der Waals surface area contributed by atoms with E-state index in [-0.39, 0.29) is 24.8 Å². The Morgan fingerprint density at radius 1 is 1.07 bits per heavy atom. The van der Waals surface area contributed by atoms with Crippen LogP contribution in [0.1, 0.15) is 23.1 Å². The molecular formula is C21H19BrN2O3. The highest BCUT2D eigenvalue weighted by molar-refractivity contribution is 9.10. The largest absolute Gasteiger partial charge is 0.464 e. The summed E-state index contributed by atoms with van der Waals surface area (Å²) < 4.78 is 6.42. The van der Waals surface area contributed by atoms with Crippen molar-refractivity contribution in [3.05, 3.63) is 63.8 Å². The first-order chi connectivity index (χ1) is 13.1. The Hall–Kier alpha value is -2.60. The molecule has 1 aliphatic carbocycles. The molecule has 0 spiro atoms. The normalized spacial score (nSPS) is 12.8. The number of fused-ring (bicyclic) bond motifs is 2. The molecule has 1 aliphatic rings. The van der Waals surface area contributed by atoms with Crippen molar-refractivity contribution >= 4 is 44.4 Å². The fraction of sp³-hybridized carbons (Fsp3) is 0.238. The molecule has 2 aromatic carbocycles. The van der Waals surface area contributed by atoms with Crippen LogP contribution in [0.2, 0.25) is 0 Å². The molecule has 2 amide bonds. The van der Waals surface area contributed by atoms with Crippen LogP contribution in [0, 0.1) is 0 Å². The van der Waals surface area contributed by atoms with Gasteiger partial charge in [-0.2, -0.15) is 0 Å². The smallest absolute Gasteiger partial charge is 0.243 e. The van der Waals surface area contributed by atoms with Crippen molar-refractivity contribution in [3.8, 4) is 0 Å². The summed E-state index contributed by atoms with van der Waals surface area (Å²) in [6, 6.07) is 11.6. The first-order valence-corrected chi connectivity index (χ1v) is 9.72. The molecule has 138 valence electrons. The Labute approximate surface area is 165 Å². The molecule has 0 fully saturated rings. The summed E-state index contributed by atoms with van der Waals surface area (Å²) in [5.74, 6) is -0.481. The van der Waals surface area contributed by atoms with Gasteiger partial charge in [0, 0.05) is 15.4 Å². The van der Waals surface area contributed by atoms with Crippen molar-refractivity contribution in [2.75, 3.05) is 11.9 Å². The van der Waals surface area contributed by atoms with Gasteiger partial charge in [-0.15, -0.1) is 0 Å². The third-order valence-electron chi connectivity index (χ3n) is 4.81. The van der Waals surface area contributed by atoms with Gasteiger partial charge in [-0.1, -0.05) is 12.1 Å². The number of hydrogen-bond acceptors (Lipinski definition) is 3. The Kier molecular flexibility index (Phi) is 4.99. The number of hydrogen-bond donors (Lipinski definition) is 2. The van der Waals surface area contributed by atoms with Crippen molar-refractivity contribution < 1.29 is 14.0 Å². The number of para-hydroxylation sites is 1. The van der Waals surface area contributed by atoms with Gasteiger partial charge >= 0.3 is 0 Å². The standard InChI is InChI=1S/C21H19BrN2O3/c22-17-6-1-2-7-18(17)24-21(26)11-23-20(25)10-15-12-27-19-9-14-5-3-4-13(14)8-16(15)19/h1-2,6-9,12H,3-5,10-11H2,(H,23,25)(H,24,26).